The first-order valence-corrected chi connectivity index (χ1v) is 5.41. The SMILES string of the molecule is CC.CCc1nc2cnccc2s1. The molecule has 0 spiro atoms. The Morgan fingerprint density at radius 2 is 2.15 bits per heavy atom. The van der Waals surface area contributed by atoms with Crippen molar-refractivity contribution in [3.05, 3.63) is 23.5 Å². The summed E-state index contributed by atoms with van der Waals surface area (Å²) in [4.78, 5) is 8.39. The fourth-order valence-corrected chi connectivity index (χ4v) is 1.85. The topological polar surface area (TPSA) is 25.8 Å². The van der Waals surface area contributed by atoms with E-state index in [9.17, 15) is 0 Å². The van der Waals surface area contributed by atoms with Crippen molar-refractivity contribution in [3.63, 3.8) is 0 Å². The van der Waals surface area contributed by atoms with Crippen molar-refractivity contribution in [2.75, 3.05) is 0 Å². The Morgan fingerprint density at radius 3 is 2.77 bits per heavy atom. The van der Waals surface area contributed by atoms with Crippen LogP contribution in [0.2, 0.25) is 0 Å². The largest absolute Gasteiger partial charge is 0.262 e. The van der Waals surface area contributed by atoms with Crippen LogP contribution in [0, 0.1) is 0 Å². The van der Waals surface area contributed by atoms with Gasteiger partial charge in [-0.3, -0.25) is 4.98 Å². The molecule has 2 aromatic rings. The highest BCUT2D eigenvalue weighted by atomic mass is 32.1. The fraction of sp³-hybridized carbons (Fsp3) is 0.400. The molecule has 0 fully saturated rings. The molecule has 0 aliphatic heterocycles. The summed E-state index contributed by atoms with van der Waals surface area (Å²) in [5, 5.41) is 1.19. The normalized spacial score (nSPS) is 9.46. The van der Waals surface area contributed by atoms with Crippen molar-refractivity contribution in [1.29, 1.82) is 0 Å². The monoisotopic (exact) mass is 194 g/mol. The molecular formula is C10H14N2S. The molecule has 0 atom stereocenters. The summed E-state index contributed by atoms with van der Waals surface area (Å²) in [6, 6.07) is 2.01. The Kier molecular flexibility index (Phi) is 3.83. The number of fused-ring (bicyclic) bond motifs is 1. The zero-order valence-corrected chi connectivity index (χ0v) is 9.06. The Morgan fingerprint density at radius 1 is 1.38 bits per heavy atom. The van der Waals surface area contributed by atoms with Crippen LogP contribution in [0.4, 0.5) is 0 Å². The molecule has 0 amide bonds. The number of aromatic nitrogens is 2. The zero-order valence-electron chi connectivity index (χ0n) is 8.24. The van der Waals surface area contributed by atoms with Crippen LogP contribution in [-0.2, 0) is 6.42 Å². The summed E-state index contributed by atoms with van der Waals surface area (Å²) >= 11 is 1.75. The van der Waals surface area contributed by atoms with Crippen LogP contribution in [-0.4, -0.2) is 9.97 Å². The summed E-state index contributed by atoms with van der Waals surface area (Å²) in [6.07, 6.45) is 4.63. The Hall–Kier alpha value is -0.960. The summed E-state index contributed by atoms with van der Waals surface area (Å²) < 4.78 is 1.23. The van der Waals surface area contributed by atoms with Crippen LogP contribution < -0.4 is 0 Å². The van der Waals surface area contributed by atoms with E-state index in [1.807, 2.05) is 26.1 Å². The highest BCUT2D eigenvalue weighted by Gasteiger charge is 1.99. The molecule has 2 rings (SSSR count). The van der Waals surface area contributed by atoms with Crippen LogP contribution in [0.25, 0.3) is 10.2 Å². The Bertz CT molecular complexity index is 335. The van der Waals surface area contributed by atoms with Crippen LogP contribution in [0.15, 0.2) is 18.5 Å². The first kappa shape index (κ1) is 10.1. The van der Waals surface area contributed by atoms with Crippen molar-refractivity contribution in [2.45, 2.75) is 27.2 Å². The van der Waals surface area contributed by atoms with Crippen molar-refractivity contribution in [3.8, 4) is 0 Å². The first-order chi connectivity index (χ1) is 6.40. The van der Waals surface area contributed by atoms with E-state index in [0.29, 0.717) is 0 Å². The predicted molar refractivity (Wildman–Crippen MR) is 58.1 cm³/mol. The van der Waals surface area contributed by atoms with Gasteiger partial charge in [-0.15, -0.1) is 11.3 Å². The van der Waals surface area contributed by atoms with Crippen LogP contribution >= 0.6 is 11.3 Å². The molecule has 3 heteroatoms. The third kappa shape index (κ3) is 2.25. The van der Waals surface area contributed by atoms with Gasteiger partial charge in [0.15, 0.2) is 0 Å². The minimum Gasteiger partial charge on any atom is -0.262 e. The van der Waals surface area contributed by atoms with Crippen molar-refractivity contribution in [1.82, 2.24) is 9.97 Å². The molecule has 2 heterocycles. The van der Waals surface area contributed by atoms with Crippen LogP contribution in [0.5, 0.6) is 0 Å². The second-order valence-corrected chi connectivity index (χ2v) is 3.42. The van der Waals surface area contributed by atoms with Gasteiger partial charge >= 0.3 is 0 Å². The summed E-state index contributed by atoms with van der Waals surface area (Å²) in [5.41, 5.74) is 1.02. The molecule has 13 heavy (non-hydrogen) atoms. The average Bonchev–Trinajstić information content (AvgIpc) is 2.63. The fourth-order valence-electron chi connectivity index (χ4n) is 0.979. The van der Waals surface area contributed by atoms with Gasteiger partial charge in [0, 0.05) is 6.20 Å². The number of nitrogens with zero attached hydrogens (tertiary/aromatic N) is 2. The Balaban J connectivity index is 0.000000396. The highest BCUT2D eigenvalue weighted by molar-refractivity contribution is 7.18. The third-order valence-corrected chi connectivity index (χ3v) is 2.72. The maximum Gasteiger partial charge on any atom is 0.0998 e. The number of pyridine rings is 1. The van der Waals surface area contributed by atoms with E-state index in [0.717, 1.165) is 11.9 Å². The van der Waals surface area contributed by atoms with E-state index < -0.39 is 0 Å². The number of hydrogen-bond donors (Lipinski definition) is 0. The molecule has 0 aromatic carbocycles. The zero-order chi connectivity index (χ0) is 9.68. The van der Waals surface area contributed by atoms with Crippen molar-refractivity contribution < 1.29 is 0 Å². The van der Waals surface area contributed by atoms with Gasteiger partial charge in [-0.2, -0.15) is 0 Å². The minimum absolute atomic E-state index is 1.01. The van der Waals surface area contributed by atoms with Gasteiger partial charge in [0.05, 0.1) is 21.4 Å². The molecule has 2 nitrogen and oxygen atoms in total. The summed E-state index contributed by atoms with van der Waals surface area (Å²) in [5.74, 6) is 0. The molecule has 0 aliphatic rings. The molecule has 0 saturated heterocycles. The molecule has 0 aliphatic carbocycles. The summed E-state index contributed by atoms with van der Waals surface area (Å²) in [7, 11) is 0. The van der Waals surface area contributed by atoms with Gasteiger partial charge in [-0.05, 0) is 12.5 Å². The van der Waals surface area contributed by atoms with Gasteiger partial charge in [-0.1, -0.05) is 20.8 Å². The van der Waals surface area contributed by atoms with E-state index in [1.54, 1.807) is 17.5 Å². The number of rotatable bonds is 1. The number of aryl methyl sites for hydroxylation is 1. The van der Waals surface area contributed by atoms with Crippen molar-refractivity contribution in [2.24, 2.45) is 0 Å². The maximum absolute atomic E-state index is 4.39. The molecule has 0 unspecified atom stereocenters. The second kappa shape index (κ2) is 4.92. The predicted octanol–water partition coefficient (Wildman–Crippen LogP) is 3.28. The first-order valence-electron chi connectivity index (χ1n) is 4.59. The average molecular weight is 194 g/mol. The van der Waals surface area contributed by atoms with Crippen LogP contribution in [0.3, 0.4) is 0 Å². The van der Waals surface area contributed by atoms with Gasteiger partial charge in [0.2, 0.25) is 0 Å². The van der Waals surface area contributed by atoms with Gasteiger partial charge in [0.25, 0.3) is 0 Å². The summed E-state index contributed by atoms with van der Waals surface area (Å²) in [6.45, 7) is 6.12. The maximum atomic E-state index is 4.39. The van der Waals surface area contributed by atoms with E-state index in [4.69, 9.17) is 0 Å². The molecule has 0 bridgehead atoms. The van der Waals surface area contributed by atoms with Crippen molar-refractivity contribution >= 4 is 21.6 Å². The van der Waals surface area contributed by atoms with Gasteiger partial charge < -0.3 is 0 Å². The van der Waals surface area contributed by atoms with Crippen LogP contribution in [0.1, 0.15) is 25.8 Å². The molecule has 0 saturated carbocycles. The van der Waals surface area contributed by atoms with Gasteiger partial charge in [0.1, 0.15) is 0 Å². The standard InChI is InChI=1S/C8H8N2S.C2H6/c1-2-8-10-6-5-9-4-3-7(6)11-8;1-2/h3-5H,2H2,1H3;1-2H3. The molecule has 70 valence electrons. The Labute approximate surface area is 82.7 Å². The lowest BCUT2D eigenvalue weighted by molar-refractivity contribution is 1.11. The lowest BCUT2D eigenvalue weighted by Gasteiger charge is -1.80. The number of thiazole rings is 1. The quantitative estimate of drug-likeness (QED) is 0.696. The molecule has 0 N–H and O–H groups in total. The van der Waals surface area contributed by atoms with E-state index >= 15 is 0 Å². The molecular weight excluding hydrogens is 180 g/mol. The molecule has 2 aromatic heterocycles. The smallest absolute Gasteiger partial charge is 0.0998 e. The van der Waals surface area contributed by atoms with E-state index in [1.165, 1.54) is 9.71 Å². The second-order valence-electron chi connectivity index (χ2n) is 2.30. The number of hydrogen-bond acceptors (Lipinski definition) is 3. The van der Waals surface area contributed by atoms with E-state index in [-0.39, 0.29) is 0 Å². The molecule has 0 radical (unpaired) electrons. The highest BCUT2D eigenvalue weighted by Crippen LogP contribution is 2.20. The minimum atomic E-state index is 1.01. The van der Waals surface area contributed by atoms with Gasteiger partial charge in [-0.25, -0.2) is 4.98 Å². The third-order valence-electron chi connectivity index (χ3n) is 1.54. The lowest BCUT2D eigenvalue weighted by Crippen LogP contribution is -1.74. The van der Waals surface area contributed by atoms with E-state index in [2.05, 4.69) is 16.9 Å². The lowest BCUT2D eigenvalue weighted by atomic mass is 10.4.